The number of rotatable bonds is 5. The summed E-state index contributed by atoms with van der Waals surface area (Å²) < 4.78 is 16.4. The minimum atomic E-state index is -0.588. The van der Waals surface area contributed by atoms with E-state index in [0.717, 1.165) is 0 Å². The Labute approximate surface area is 180 Å². The lowest BCUT2D eigenvalue weighted by Crippen LogP contribution is -2.42. The van der Waals surface area contributed by atoms with Crippen LogP contribution in [0.1, 0.15) is 21.7 Å². The van der Waals surface area contributed by atoms with Gasteiger partial charge in [-0.2, -0.15) is 9.78 Å². The molecule has 1 aliphatic heterocycles. The van der Waals surface area contributed by atoms with Crippen LogP contribution in [0, 0.1) is 6.92 Å². The minimum Gasteiger partial charge on any atom is -0.410 e. The van der Waals surface area contributed by atoms with Gasteiger partial charge in [-0.15, -0.1) is 5.10 Å². The highest BCUT2D eigenvalue weighted by molar-refractivity contribution is 5.94. The Balaban J connectivity index is 1.37. The fourth-order valence-corrected chi connectivity index (χ4v) is 2.87. The lowest BCUT2D eigenvalue weighted by molar-refractivity contribution is 0.0416. The van der Waals surface area contributed by atoms with Crippen LogP contribution in [0.2, 0.25) is 0 Å². The molecule has 0 unspecified atom stereocenters. The monoisotopic (exact) mass is 441 g/mol. The van der Waals surface area contributed by atoms with E-state index in [1.165, 1.54) is 10.9 Å². The number of carbonyl (C=O) groups is 2. The van der Waals surface area contributed by atoms with Crippen molar-refractivity contribution in [3.05, 3.63) is 41.2 Å². The zero-order valence-corrected chi connectivity index (χ0v) is 17.0. The number of hydrogen-bond donors (Lipinski definition) is 2. The Bertz CT molecular complexity index is 1150. The van der Waals surface area contributed by atoms with Crippen LogP contribution >= 0.6 is 0 Å². The number of morpholine rings is 1. The first-order valence-electron chi connectivity index (χ1n) is 9.51. The number of aromatic nitrogens is 5. The van der Waals surface area contributed by atoms with Gasteiger partial charge in [-0.3, -0.25) is 4.79 Å². The third kappa shape index (κ3) is 4.54. The highest BCUT2D eigenvalue weighted by Gasteiger charge is 2.21. The summed E-state index contributed by atoms with van der Waals surface area (Å²) in [6, 6.07) is 6.72. The number of nitrogens with two attached hydrogens (primary N) is 1. The molecule has 3 aromatic rings. The third-order valence-electron chi connectivity index (χ3n) is 4.52. The van der Waals surface area contributed by atoms with E-state index in [1.54, 1.807) is 36.1 Å². The van der Waals surface area contributed by atoms with Gasteiger partial charge in [0.1, 0.15) is 5.75 Å². The normalized spacial score (nSPS) is 14.0. The molecule has 1 saturated heterocycles. The molecule has 0 bridgehead atoms. The number of anilines is 1. The van der Waals surface area contributed by atoms with Gasteiger partial charge in [-0.1, -0.05) is 17.3 Å². The van der Waals surface area contributed by atoms with Crippen LogP contribution in [-0.4, -0.2) is 74.7 Å². The SMILES string of the molecule is Cc1c(C(=O)NN=Cc2cccc(OC(=O)N3CCOCC3)c2)nnn1-c1nonc1N. The predicted octanol–water partition coefficient (Wildman–Crippen LogP) is 0.136. The summed E-state index contributed by atoms with van der Waals surface area (Å²) in [5.74, 6) is -0.0949. The number of nitrogen functional groups attached to an aromatic ring is 1. The molecule has 0 saturated carbocycles. The first kappa shape index (κ1) is 20.9. The molecule has 32 heavy (non-hydrogen) atoms. The summed E-state index contributed by atoms with van der Waals surface area (Å²) in [5, 5.41) is 18.7. The fourth-order valence-electron chi connectivity index (χ4n) is 2.87. The van der Waals surface area contributed by atoms with Gasteiger partial charge in [0.15, 0.2) is 5.69 Å². The number of nitrogens with one attached hydrogen (secondary N) is 1. The molecule has 2 aromatic heterocycles. The van der Waals surface area contributed by atoms with Crippen molar-refractivity contribution in [2.24, 2.45) is 5.10 Å². The van der Waals surface area contributed by atoms with Crippen molar-refractivity contribution in [1.29, 1.82) is 0 Å². The second kappa shape index (κ2) is 9.22. The van der Waals surface area contributed by atoms with E-state index >= 15 is 0 Å². The first-order valence-corrected chi connectivity index (χ1v) is 9.51. The number of ether oxygens (including phenoxy) is 2. The van der Waals surface area contributed by atoms with Crippen molar-refractivity contribution in [3.8, 4) is 11.6 Å². The van der Waals surface area contributed by atoms with Crippen LogP contribution in [0.4, 0.5) is 10.6 Å². The quantitative estimate of drug-likeness (QED) is 0.409. The molecule has 0 atom stereocenters. The lowest BCUT2D eigenvalue weighted by atomic mass is 10.2. The molecule has 2 amide bonds. The van der Waals surface area contributed by atoms with Crippen LogP contribution in [0.3, 0.4) is 0 Å². The molecule has 3 heterocycles. The van der Waals surface area contributed by atoms with Gasteiger partial charge in [0.05, 0.1) is 25.1 Å². The molecule has 14 nitrogen and oxygen atoms in total. The lowest BCUT2D eigenvalue weighted by Gasteiger charge is -2.25. The van der Waals surface area contributed by atoms with Crippen molar-refractivity contribution in [1.82, 2.24) is 35.6 Å². The van der Waals surface area contributed by atoms with Gasteiger partial charge in [0.2, 0.25) is 11.6 Å². The van der Waals surface area contributed by atoms with Crippen LogP contribution in [-0.2, 0) is 4.74 Å². The standard InChI is InChI=1S/C18H19N9O5/c1-11-14(21-25-27(11)16-15(19)23-32-24-16)17(28)22-20-10-12-3-2-4-13(9-12)31-18(29)26-5-7-30-8-6-26/h2-4,9-10H,5-8H2,1H3,(H2,19,23)(H,22,28). The highest BCUT2D eigenvalue weighted by atomic mass is 16.6. The van der Waals surface area contributed by atoms with E-state index in [2.05, 4.69) is 35.8 Å². The summed E-state index contributed by atoms with van der Waals surface area (Å²) in [6.07, 6.45) is 0.959. The number of nitrogens with zero attached hydrogens (tertiary/aromatic N) is 7. The Morgan fingerprint density at radius 1 is 1.28 bits per heavy atom. The van der Waals surface area contributed by atoms with Crippen LogP contribution < -0.4 is 15.9 Å². The topological polar surface area (TPSA) is 176 Å². The smallest absolute Gasteiger partial charge is 0.410 e. The van der Waals surface area contributed by atoms with E-state index in [0.29, 0.717) is 43.3 Å². The maximum absolute atomic E-state index is 12.4. The molecule has 0 radical (unpaired) electrons. The molecular formula is C18H19N9O5. The average molecular weight is 441 g/mol. The molecule has 1 aromatic carbocycles. The number of carbonyl (C=O) groups excluding carboxylic acids is 2. The maximum Gasteiger partial charge on any atom is 0.415 e. The van der Waals surface area contributed by atoms with E-state index in [1.807, 2.05) is 0 Å². The molecule has 4 rings (SSSR count). The molecule has 3 N–H and O–H groups in total. The molecule has 166 valence electrons. The minimum absolute atomic E-state index is 0.0113. The van der Waals surface area contributed by atoms with Crippen LogP contribution in [0.5, 0.6) is 5.75 Å². The van der Waals surface area contributed by atoms with E-state index in [4.69, 9.17) is 15.2 Å². The maximum atomic E-state index is 12.4. The Morgan fingerprint density at radius 2 is 2.09 bits per heavy atom. The summed E-state index contributed by atoms with van der Waals surface area (Å²) in [6.45, 7) is 3.54. The molecular weight excluding hydrogens is 422 g/mol. The summed E-state index contributed by atoms with van der Waals surface area (Å²) in [7, 11) is 0. The average Bonchev–Trinajstić information content (AvgIpc) is 3.39. The number of amides is 2. The molecule has 1 fully saturated rings. The van der Waals surface area contributed by atoms with Gasteiger partial charge in [-0.25, -0.2) is 14.8 Å². The van der Waals surface area contributed by atoms with Gasteiger partial charge in [0, 0.05) is 13.1 Å². The van der Waals surface area contributed by atoms with Gasteiger partial charge in [-0.05, 0) is 34.9 Å². The van der Waals surface area contributed by atoms with Crippen molar-refractivity contribution >= 4 is 24.0 Å². The second-order valence-electron chi connectivity index (χ2n) is 6.65. The molecule has 1 aliphatic rings. The van der Waals surface area contributed by atoms with Crippen molar-refractivity contribution < 1.29 is 23.7 Å². The number of hydrogen-bond acceptors (Lipinski definition) is 11. The van der Waals surface area contributed by atoms with E-state index in [-0.39, 0.29) is 17.3 Å². The molecule has 0 spiro atoms. The highest BCUT2D eigenvalue weighted by Crippen LogP contribution is 2.15. The number of benzene rings is 1. The molecule has 0 aliphatic carbocycles. The second-order valence-corrected chi connectivity index (χ2v) is 6.65. The van der Waals surface area contributed by atoms with Crippen LogP contribution in [0.15, 0.2) is 34.0 Å². The largest absolute Gasteiger partial charge is 0.415 e. The zero-order valence-electron chi connectivity index (χ0n) is 17.0. The van der Waals surface area contributed by atoms with Gasteiger partial charge >= 0.3 is 6.09 Å². The first-order chi connectivity index (χ1) is 15.5. The Kier molecular flexibility index (Phi) is 6.03. The Morgan fingerprint density at radius 3 is 2.84 bits per heavy atom. The predicted molar refractivity (Wildman–Crippen MR) is 108 cm³/mol. The summed E-state index contributed by atoms with van der Waals surface area (Å²) >= 11 is 0. The third-order valence-corrected chi connectivity index (χ3v) is 4.52. The van der Waals surface area contributed by atoms with Gasteiger partial charge in [0.25, 0.3) is 5.91 Å². The van der Waals surface area contributed by atoms with Crippen molar-refractivity contribution in [3.63, 3.8) is 0 Å². The Hall–Kier alpha value is -4.33. The van der Waals surface area contributed by atoms with Gasteiger partial charge < -0.3 is 20.1 Å². The summed E-state index contributed by atoms with van der Waals surface area (Å²) in [5.41, 5.74) is 9.01. The number of hydrazone groups is 1. The van der Waals surface area contributed by atoms with Crippen LogP contribution in [0.25, 0.3) is 5.82 Å². The summed E-state index contributed by atoms with van der Waals surface area (Å²) in [4.78, 5) is 26.2. The van der Waals surface area contributed by atoms with Crippen molar-refractivity contribution in [2.75, 3.05) is 32.0 Å². The van der Waals surface area contributed by atoms with E-state index in [9.17, 15) is 9.59 Å². The zero-order chi connectivity index (χ0) is 22.5. The van der Waals surface area contributed by atoms with E-state index < -0.39 is 12.0 Å². The van der Waals surface area contributed by atoms with Crippen molar-refractivity contribution in [2.45, 2.75) is 6.92 Å². The fraction of sp³-hybridized carbons (Fsp3) is 0.278. The molecule has 14 heteroatoms.